The number of esters is 1. The van der Waals surface area contributed by atoms with Crippen LogP contribution in [0.4, 0.5) is 0 Å². The lowest BCUT2D eigenvalue weighted by molar-refractivity contribution is -0.140. The van der Waals surface area contributed by atoms with Gasteiger partial charge in [0.25, 0.3) is 0 Å². The van der Waals surface area contributed by atoms with Gasteiger partial charge in [0.15, 0.2) is 0 Å². The van der Waals surface area contributed by atoms with Crippen molar-refractivity contribution in [2.45, 2.75) is 38.6 Å². The van der Waals surface area contributed by atoms with Gasteiger partial charge in [-0.2, -0.15) is 0 Å². The van der Waals surface area contributed by atoms with Crippen LogP contribution in [0.2, 0.25) is 0 Å². The van der Waals surface area contributed by atoms with Crippen LogP contribution in [0.25, 0.3) is 10.8 Å². The van der Waals surface area contributed by atoms with Crippen molar-refractivity contribution in [3.05, 3.63) is 47.5 Å². The Morgan fingerprint density at radius 1 is 1.14 bits per heavy atom. The number of ether oxygens (including phenoxy) is 1. The van der Waals surface area contributed by atoms with E-state index in [1.807, 2.05) is 0 Å². The van der Waals surface area contributed by atoms with Crippen molar-refractivity contribution in [1.29, 1.82) is 0 Å². The molecule has 3 nitrogen and oxygen atoms in total. The molecule has 0 radical (unpaired) electrons. The summed E-state index contributed by atoms with van der Waals surface area (Å²) >= 11 is 0. The van der Waals surface area contributed by atoms with Crippen LogP contribution in [0, 0.1) is 6.92 Å². The Labute approximate surface area is 126 Å². The van der Waals surface area contributed by atoms with E-state index in [-0.39, 0.29) is 12.0 Å². The first kappa shape index (κ1) is 15.5. The van der Waals surface area contributed by atoms with Crippen molar-refractivity contribution in [2.75, 3.05) is 7.11 Å². The molecule has 112 valence electrons. The maximum absolute atomic E-state index is 11.1. The summed E-state index contributed by atoms with van der Waals surface area (Å²) in [6.07, 6.45) is 3.10. The summed E-state index contributed by atoms with van der Waals surface area (Å²) in [5, 5.41) is 2.50. The quantitative estimate of drug-likeness (QED) is 0.647. The molecule has 2 N–H and O–H groups in total. The van der Waals surface area contributed by atoms with E-state index >= 15 is 0 Å². The van der Waals surface area contributed by atoms with Gasteiger partial charge in [-0.3, -0.25) is 4.79 Å². The van der Waals surface area contributed by atoms with Gasteiger partial charge in [0, 0.05) is 12.5 Å². The Kier molecular flexibility index (Phi) is 5.34. The van der Waals surface area contributed by atoms with E-state index in [0.29, 0.717) is 6.42 Å². The molecule has 2 aromatic rings. The molecule has 0 saturated carbocycles. The van der Waals surface area contributed by atoms with Crippen molar-refractivity contribution in [3.63, 3.8) is 0 Å². The van der Waals surface area contributed by atoms with Crippen molar-refractivity contribution < 1.29 is 9.53 Å². The molecule has 2 aromatic carbocycles. The molecular formula is C18H23NO2. The van der Waals surface area contributed by atoms with Crippen LogP contribution in [-0.2, 0) is 9.53 Å². The zero-order chi connectivity index (χ0) is 15.2. The third-order valence-electron chi connectivity index (χ3n) is 3.95. The van der Waals surface area contributed by atoms with E-state index in [0.717, 1.165) is 19.3 Å². The van der Waals surface area contributed by atoms with Crippen LogP contribution in [0.15, 0.2) is 36.4 Å². The number of aryl methyl sites for hydroxylation is 1. The molecular weight excluding hydrogens is 262 g/mol. The molecule has 0 aromatic heterocycles. The predicted octanol–water partition coefficient (Wildman–Crippen LogP) is 3.88. The normalized spacial score (nSPS) is 12.3. The van der Waals surface area contributed by atoms with Crippen molar-refractivity contribution in [2.24, 2.45) is 5.73 Å². The van der Waals surface area contributed by atoms with Crippen LogP contribution in [-0.4, -0.2) is 13.1 Å². The number of unbranched alkanes of at least 4 members (excludes halogenated alkanes) is 1. The SMILES string of the molecule is COC(=O)CCCCC(N)c1ccc(C)c2ccccc12. The average Bonchev–Trinajstić information content (AvgIpc) is 2.51. The summed E-state index contributed by atoms with van der Waals surface area (Å²) in [6.45, 7) is 2.12. The van der Waals surface area contributed by atoms with Crippen LogP contribution in [0.1, 0.15) is 42.9 Å². The molecule has 3 heteroatoms. The van der Waals surface area contributed by atoms with Gasteiger partial charge in [0.05, 0.1) is 7.11 Å². The second kappa shape index (κ2) is 7.23. The maximum Gasteiger partial charge on any atom is 0.305 e. The van der Waals surface area contributed by atoms with Crippen molar-refractivity contribution in [1.82, 2.24) is 0 Å². The van der Waals surface area contributed by atoms with Gasteiger partial charge >= 0.3 is 5.97 Å². The third kappa shape index (κ3) is 3.82. The van der Waals surface area contributed by atoms with Gasteiger partial charge in [0.1, 0.15) is 0 Å². The largest absolute Gasteiger partial charge is 0.469 e. The molecule has 0 heterocycles. The second-order valence-electron chi connectivity index (χ2n) is 5.45. The van der Waals surface area contributed by atoms with Crippen LogP contribution in [0.5, 0.6) is 0 Å². The Bertz CT molecular complexity index is 622. The number of fused-ring (bicyclic) bond motifs is 1. The van der Waals surface area contributed by atoms with Gasteiger partial charge in [0.2, 0.25) is 0 Å². The predicted molar refractivity (Wildman–Crippen MR) is 86.1 cm³/mol. The average molecular weight is 285 g/mol. The molecule has 0 aliphatic heterocycles. The first-order valence-electron chi connectivity index (χ1n) is 7.44. The second-order valence-corrected chi connectivity index (χ2v) is 5.45. The minimum Gasteiger partial charge on any atom is -0.469 e. The molecule has 0 aliphatic carbocycles. The van der Waals surface area contributed by atoms with Crippen LogP contribution >= 0.6 is 0 Å². The maximum atomic E-state index is 11.1. The standard InChI is InChI=1S/C18H23NO2/c1-13-11-12-16(15-8-4-3-7-14(13)15)17(19)9-5-6-10-18(20)21-2/h3-4,7-8,11-12,17H,5-6,9-10,19H2,1-2H3. The number of hydrogen-bond donors (Lipinski definition) is 1. The molecule has 0 aliphatic rings. The Hall–Kier alpha value is -1.87. The van der Waals surface area contributed by atoms with E-state index in [9.17, 15) is 4.79 Å². The monoisotopic (exact) mass is 285 g/mol. The van der Waals surface area contributed by atoms with Gasteiger partial charge in [-0.15, -0.1) is 0 Å². The third-order valence-corrected chi connectivity index (χ3v) is 3.95. The molecule has 1 unspecified atom stereocenters. The number of rotatable bonds is 6. The van der Waals surface area contributed by atoms with E-state index in [1.54, 1.807) is 0 Å². The number of carbonyl (C=O) groups excluding carboxylic acids is 1. The number of carbonyl (C=O) groups is 1. The zero-order valence-corrected chi connectivity index (χ0v) is 12.8. The van der Waals surface area contributed by atoms with Gasteiger partial charge in [-0.05, 0) is 41.7 Å². The molecule has 0 amide bonds. The van der Waals surface area contributed by atoms with Crippen molar-refractivity contribution >= 4 is 16.7 Å². The molecule has 0 bridgehead atoms. The van der Waals surface area contributed by atoms with E-state index in [1.165, 1.54) is 29.0 Å². The molecule has 0 spiro atoms. The fourth-order valence-electron chi connectivity index (χ4n) is 2.69. The Morgan fingerprint density at radius 2 is 1.86 bits per heavy atom. The van der Waals surface area contributed by atoms with Gasteiger partial charge in [-0.25, -0.2) is 0 Å². The van der Waals surface area contributed by atoms with E-state index < -0.39 is 0 Å². The lowest BCUT2D eigenvalue weighted by Gasteiger charge is -2.16. The molecule has 1 atom stereocenters. The minimum absolute atomic E-state index is 0.00754. The number of methoxy groups -OCH3 is 1. The fourth-order valence-corrected chi connectivity index (χ4v) is 2.69. The van der Waals surface area contributed by atoms with Gasteiger partial charge in [-0.1, -0.05) is 42.8 Å². The summed E-state index contributed by atoms with van der Waals surface area (Å²) in [5.74, 6) is -0.149. The highest BCUT2D eigenvalue weighted by Gasteiger charge is 2.11. The summed E-state index contributed by atoms with van der Waals surface area (Å²) in [7, 11) is 1.42. The van der Waals surface area contributed by atoms with Crippen LogP contribution in [0.3, 0.4) is 0 Å². The minimum atomic E-state index is -0.149. The first-order valence-corrected chi connectivity index (χ1v) is 7.44. The summed E-state index contributed by atoms with van der Waals surface area (Å²) in [5.41, 5.74) is 8.80. The molecule has 2 rings (SSSR count). The highest BCUT2D eigenvalue weighted by Crippen LogP contribution is 2.28. The van der Waals surface area contributed by atoms with Crippen molar-refractivity contribution in [3.8, 4) is 0 Å². The molecule has 21 heavy (non-hydrogen) atoms. The zero-order valence-electron chi connectivity index (χ0n) is 12.8. The lowest BCUT2D eigenvalue weighted by atomic mass is 9.93. The Balaban J connectivity index is 2.04. The summed E-state index contributed by atoms with van der Waals surface area (Å²) < 4.78 is 4.64. The highest BCUT2D eigenvalue weighted by atomic mass is 16.5. The smallest absolute Gasteiger partial charge is 0.305 e. The molecule has 0 saturated heterocycles. The molecule has 0 fully saturated rings. The first-order chi connectivity index (χ1) is 10.1. The highest BCUT2D eigenvalue weighted by molar-refractivity contribution is 5.88. The topological polar surface area (TPSA) is 52.3 Å². The van der Waals surface area contributed by atoms with E-state index in [4.69, 9.17) is 5.73 Å². The van der Waals surface area contributed by atoms with Crippen LogP contribution < -0.4 is 5.73 Å². The Morgan fingerprint density at radius 3 is 2.57 bits per heavy atom. The van der Waals surface area contributed by atoms with Gasteiger partial charge < -0.3 is 10.5 Å². The number of benzene rings is 2. The number of hydrogen-bond acceptors (Lipinski definition) is 3. The lowest BCUT2D eigenvalue weighted by Crippen LogP contribution is -2.11. The summed E-state index contributed by atoms with van der Waals surface area (Å²) in [6, 6.07) is 12.6. The number of nitrogens with two attached hydrogens (primary N) is 1. The van der Waals surface area contributed by atoms with E-state index in [2.05, 4.69) is 48.1 Å². The fraction of sp³-hybridized carbons (Fsp3) is 0.389. The summed E-state index contributed by atoms with van der Waals surface area (Å²) in [4.78, 5) is 11.1.